The standard InChI is InChI=1S/C22H19FN4OS/c1-24-21(28)16-8-6-15(7-9-16)13-27-20-12-25-11-10-19(20)26-22(27)29-14-17-4-2-3-5-18(17)23/h2-12H,13-14H2,1H3,(H,24,28). The number of halogens is 1. The van der Waals surface area contributed by atoms with Crippen LogP contribution in [0.4, 0.5) is 4.39 Å². The first-order valence-corrected chi connectivity index (χ1v) is 10.1. The number of amides is 1. The number of nitrogens with zero attached hydrogens (tertiary/aromatic N) is 3. The topological polar surface area (TPSA) is 59.8 Å². The molecular weight excluding hydrogens is 387 g/mol. The van der Waals surface area contributed by atoms with Gasteiger partial charge in [0.2, 0.25) is 0 Å². The average Bonchev–Trinajstić information content (AvgIpc) is 3.10. The minimum Gasteiger partial charge on any atom is -0.355 e. The summed E-state index contributed by atoms with van der Waals surface area (Å²) in [5.74, 6) is 0.156. The van der Waals surface area contributed by atoms with E-state index in [0.29, 0.717) is 23.4 Å². The molecule has 0 bridgehead atoms. The van der Waals surface area contributed by atoms with E-state index in [1.807, 2.05) is 24.3 Å². The number of carbonyl (C=O) groups excluding carboxylic acids is 1. The highest BCUT2D eigenvalue weighted by atomic mass is 32.2. The van der Waals surface area contributed by atoms with E-state index in [1.165, 1.54) is 17.8 Å². The molecule has 0 saturated carbocycles. The molecule has 4 aromatic rings. The van der Waals surface area contributed by atoms with Crippen LogP contribution >= 0.6 is 11.8 Å². The predicted molar refractivity (Wildman–Crippen MR) is 112 cm³/mol. The molecule has 0 aliphatic heterocycles. The molecule has 4 rings (SSSR count). The van der Waals surface area contributed by atoms with Gasteiger partial charge in [-0.05, 0) is 35.4 Å². The van der Waals surface area contributed by atoms with E-state index in [9.17, 15) is 9.18 Å². The maximum absolute atomic E-state index is 14.0. The fourth-order valence-corrected chi connectivity index (χ4v) is 4.06. The largest absolute Gasteiger partial charge is 0.355 e. The fourth-order valence-electron chi connectivity index (χ4n) is 3.06. The summed E-state index contributed by atoms with van der Waals surface area (Å²) < 4.78 is 16.1. The number of nitrogens with one attached hydrogen (secondary N) is 1. The van der Waals surface area contributed by atoms with Gasteiger partial charge in [-0.1, -0.05) is 42.1 Å². The van der Waals surface area contributed by atoms with Crippen molar-refractivity contribution in [2.75, 3.05) is 7.05 Å². The van der Waals surface area contributed by atoms with Crippen LogP contribution in [0.1, 0.15) is 21.5 Å². The number of imidazole rings is 1. The Balaban J connectivity index is 1.63. The lowest BCUT2D eigenvalue weighted by atomic mass is 10.1. The van der Waals surface area contributed by atoms with Crippen molar-refractivity contribution in [2.24, 2.45) is 0 Å². The Kier molecular flexibility index (Phi) is 5.57. The van der Waals surface area contributed by atoms with E-state index in [-0.39, 0.29) is 11.7 Å². The summed E-state index contributed by atoms with van der Waals surface area (Å²) in [5, 5.41) is 3.42. The van der Waals surface area contributed by atoms with Crippen molar-refractivity contribution in [3.05, 3.63) is 89.5 Å². The third kappa shape index (κ3) is 4.14. The molecular formula is C22H19FN4OS. The summed E-state index contributed by atoms with van der Waals surface area (Å²) in [6, 6.07) is 16.1. The molecule has 146 valence electrons. The second kappa shape index (κ2) is 8.45. The first-order chi connectivity index (χ1) is 14.2. The Morgan fingerprint density at radius 3 is 2.69 bits per heavy atom. The number of benzene rings is 2. The van der Waals surface area contributed by atoms with E-state index in [2.05, 4.69) is 14.9 Å². The number of hydrogen-bond donors (Lipinski definition) is 1. The maximum atomic E-state index is 14.0. The lowest BCUT2D eigenvalue weighted by Gasteiger charge is -2.10. The molecule has 1 N–H and O–H groups in total. The fraction of sp³-hybridized carbons (Fsp3) is 0.136. The molecule has 0 unspecified atom stereocenters. The zero-order chi connectivity index (χ0) is 20.2. The van der Waals surface area contributed by atoms with E-state index in [4.69, 9.17) is 4.98 Å². The molecule has 0 spiro atoms. The Morgan fingerprint density at radius 1 is 1.14 bits per heavy atom. The van der Waals surface area contributed by atoms with Crippen molar-refractivity contribution >= 4 is 28.7 Å². The normalized spacial score (nSPS) is 11.0. The number of pyridine rings is 1. The van der Waals surface area contributed by atoms with E-state index >= 15 is 0 Å². The number of carbonyl (C=O) groups is 1. The van der Waals surface area contributed by atoms with Crippen LogP contribution in [0.25, 0.3) is 11.0 Å². The number of rotatable bonds is 6. The van der Waals surface area contributed by atoms with Gasteiger partial charge in [0, 0.05) is 24.6 Å². The van der Waals surface area contributed by atoms with Gasteiger partial charge in [0.25, 0.3) is 5.91 Å². The Hall–Kier alpha value is -3.19. The molecule has 0 fully saturated rings. The minimum atomic E-state index is -0.214. The third-order valence-electron chi connectivity index (χ3n) is 4.61. The summed E-state index contributed by atoms with van der Waals surface area (Å²) in [5.41, 5.74) is 4.05. The molecule has 0 aliphatic rings. The zero-order valence-electron chi connectivity index (χ0n) is 15.8. The number of fused-ring (bicyclic) bond motifs is 1. The smallest absolute Gasteiger partial charge is 0.251 e. The van der Waals surface area contributed by atoms with Gasteiger partial charge in [-0.2, -0.15) is 0 Å². The van der Waals surface area contributed by atoms with Gasteiger partial charge in [-0.15, -0.1) is 0 Å². The van der Waals surface area contributed by atoms with Gasteiger partial charge in [0.1, 0.15) is 5.82 Å². The van der Waals surface area contributed by atoms with Gasteiger partial charge in [-0.3, -0.25) is 9.78 Å². The Labute approximate surface area is 172 Å². The van der Waals surface area contributed by atoms with E-state index in [1.54, 1.807) is 43.7 Å². The van der Waals surface area contributed by atoms with Crippen LogP contribution in [0.2, 0.25) is 0 Å². The van der Waals surface area contributed by atoms with Gasteiger partial charge < -0.3 is 9.88 Å². The lowest BCUT2D eigenvalue weighted by Crippen LogP contribution is -2.17. The number of hydrogen-bond acceptors (Lipinski definition) is 4. The van der Waals surface area contributed by atoms with Crippen molar-refractivity contribution in [1.82, 2.24) is 19.9 Å². The summed E-state index contributed by atoms with van der Waals surface area (Å²) >= 11 is 1.49. The highest BCUT2D eigenvalue weighted by Gasteiger charge is 2.13. The maximum Gasteiger partial charge on any atom is 0.251 e. The number of thioether (sulfide) groups is 1. The van der Waals surface area contributed by atoms with Crippen LogP contribution in [-0.2, 0) is 12.3 Å². The molecule has 1 amide bonds. The highest BCUT2D eigenvalue weighted by Crippen LogP contribution is 2.28. The highest BCUT2D eigenvalue weighted by molar-refractivity contribution is 7.98. The van der Waals surface area contributed by atoms with Crippen molar-refractivity contribution in [3.8, 4) is 0 Å². The van der Waals surface area contributed by atoms with Crippen LogP contribution in [-0.4, -0.2) is 27.5 Å². The lowest BCUT2D eigenvalue weighted by molar-refractivity contribution is 0.0963. The second-order valence-corrected chi connectivity index (χ2v) is 7.44. The molecule has 0 radical (unpaired) electrons. The molecule has 7 heteroatoms. The van der Waals surface area contributed by atoms with Gasteiger partial charge >= 0.3 is 0 Å². The van der Waals surface area contributed by atoms with Crippen LogP contribution in [0.5, 0.6) is 0 Å². The van der Waals surface area contributed by atoms with E-state index < -0.39 is 0 Å². The van der Waals surface area contributed by atoms with Gasteiger partial charge in [0.15, 0.2) is 5.16 Å². The minimum absolute atomic E-state index is 0.116. The van der Waals surface area contributed by atoms with Crippen LogP contribution in [0, 0.1) is 5.82 Å². The molecule has 0 aliphatic carbocycles. The summed E-state index contributed by atoms with van der Waals surface area (Å²) in [4.78, 5) is 20.7. The van der Waals surface area contributed by atoms with Crippen molar-refractivity contribution in [1.29, 1.82) is 0 Å². The molecule has 0 saturated heterocycles. The predicted octanol–water partition coefficient (Wildman–Crippen LogP) is 4.27. The monoisotopic (exact) mass is 406 g/mol. The molecule has 2 aromatic heterocycles. The summed E-state index contributed by atoms with van der Waals surface area (Å²) in [6.07, 6.45) is 3.50. The summed E-state index contributed by atoms with van der Waals surface area (Å²) in [6.45, 7) is 0.579. The van der Waals surface area contributed by atoms with Gasteiger partial charge in [0.05, 0.1) is 23.8 Å². The van der Waals surface area contributed by atoms with Gasteiger partial charge in [-0.25, -0.2) is 9.37 Å². The van der Waals surface area contributed by atoms with Crippen LogP contribution in [0.3, 0.4) is 0 Å². The first-order valence-electron chi connectivity index (χ1n) is 9.13. The Bertz CT molecular complexity index is 1160. The number of aromatic nitrogens is 3. The molecule has 29 heavy (non-hydrogen) atoms. The van der Waals surface area contributed by atoms with Crippen molar-refractivity contribution < 1.29 is 9.18 Å². The molecule has 0 atom stereocenters. The van der Waals surface area contributed by atoms with Crippen LogP contribution in [0.15, 0.2) is 72.1 Å². The molecule has 2 aromatic carbocycles. The Morgan fingerprint density at radius 2 is 1.93 bits per heavy atom. The van der Waals surface area contributed by atoms with Crippen LogP contribution < -0.4 is 5.32 Å². The van der Waals surface area contributed by atoms with Crippen molar-refractivity contribution in [2.45, 2.75) is 17.5 Å². The summed E-state index contributed by atoms with van der Waals surface area (Å²) in [7, 11) is 1.61. The van der Waals surface area contributed by atoms with Crippen molar-refractivity contribution in [3.63, 3.8) is 0 Å². The average molecular weight is 406 g/mol. The quantitative estimate of drug-likeness (QED) is 0.486. The zero-order valence-corrected chi connectivity index (χ0v) is 16.6. The first kappa shape index (κ1) is 19.1. The second-order valence-electron chi connectivity index (χ2n) is 6.50. The molecule has 2 heterocycles. The molecule has 5 nitrogen and oxygen atoms in total. The SMILES string of the molecule is CNC(=O)c1ccc(Cn2c(SCc3ccccc3F)nc3ccncc32)cc1. The third-order valence-corrected chi connectivity index (χ3v) is 5.64. The van der Waals surface area contributed by atoms with E-state index in [0.717, 1.165) is 21.8 Å².